The molecule has 2 atom stereocenters. The molecule has 3 aromatic rings. The van der Waals surface area contributed by atoms with Gasteiger partial charge in [-0.15, -0.1) is 0 Å². The topological polar surface area (TPSA) is 116 Å². The summed E-state index contributed by atoms with van der Waals surface area (Å²) in [6, 6.07) is 3.62. The third kappa shape index (κ3) is 5.09. The average Bonchev–Trinajstić information content (AvgIpc) is 3.34. The minimum Gasteiger partial charge on any atom is -0.460 e. The van der Waals surface area contributed by atoms with Crippen molar-refractivity contribution in [2.45, 2.75) is 43.1 Å². The quantitative estimate of drug-likeness (QED) is 0.139. The fourth-order valence-corrected chi connectivity index (χ4v) is 6.04. The fourth-order valence-electron chi connectivity index (χ4n) is 4.63. The van der Waals surface area contributed by atoms with Gasteiger partial charge in [0, 0.05) is 18.6 Å². The van der Waals surface area contributed by atoms with Crippen LogP contribution in [0, 0.1) is 34.5 Å². The molecule has 1 aliphatic rings. The van der Waals surface area contributed by atoms with Crippen LogP contribution in [0.1, 0.15) is 31.2 Å². The van der Waals surface area contributed by atoms with Crippen molar-refractivity contribution >= 4 is 38.8 Å². The number of hydrogen-bond donors (Lipinski definition) is 2. The average molecular weight is 577 g/mol. The highest BCUT2D eigenvalue weighted by Gasteiger charge is 2.46. The molecule has 0 radical (unpaired) electrons. The summed E-state index contributed by atoms with van der Waals surface area (Å²) in [5.74, 6) is -13.7. The van der Waals surface area contributed by atoms with Gasteiger partial charge < -0.3 is 14.9 Å². The summed E-state index contributed by atoms with van der Waals surface area (Å²) < 4.78 is 102. The molecular weight excluding hydrogens is 555 g/mol. The number of nitrogens with one attached hydrogen (secondary N) is 1. The zero-order valence-electron chi connectivity index (χ0n) is 19.5. The van der Waals surface area contributed by atoms with E-state index >= 15 is 0 Å². The van der Waals surface area contributed by atoms with E-state index in [1.54, 1.807) is 22.9 Å². The van der Waals surface area contributed by atoms with Crippen molar-refractivity contribution in [2.75, 3.05) is 6.54 Å². The smallest absolute Gasteiger partial charge is 0.321 e. The lowest BCUT2D eigenvalue weighted by Crippen LogP contribution is -2.51. The summed E-state index contributed by atoms with van der Waals surface area (Å²) in [6.45, 7) is -1.15. The number of carbonyl (C=O) groups excluding carboxylic acids is 1. The molecule has 2 heterocycles. The molecule has 0 aliphatic heterocycles. The van der Waals surface area contributed by atoms with Gasteiger partial charge in [0.25, 0.3) is 0 Å². The van der Waals surface area contributed by atoms with Crippen LogP contribution in [0.4, 0.5) is 22.0 Å². The van der Waals surface area contributed by atoms with Crippen molar-refractivity contribution in [1.29, 1.82) is 0 Å². The van der Waals surface area contributed by atoms with Crippen LogP contribution in [0.2, 0.25) is 0 Å². The third-order valence-electron chi connectivity index (χ3n) is 6.53. The number of rotatable bonds is 8. The van der Waals surface area contributed by atoms with Crippen LogP contribution >= 0.6 is 12.2 Å². The molecule has 4 rings (SSSR count). The summed E-state index contributed by atoms with van der Waals surface area (Å²) in [5.41, 5.74) is 6.68. The van der Waals surface area contributed by atoms with Crippen LogP contribution in [0.15, 0.2) is 35.6 Å². The summed E-state index contributed by atoms with van der Waals surface area (Å²) in [7, 11) is -5.33. The Kier molecular flexibility index (Phi) is 7.72. The van der Waals surface area contributed by atoms with Gasteiger partial charge in [0.2, 0.25) is 15.8 Å². The number of benzene rings is 1. The third-order valence-corrected chi connectivity index (χ3v) is 8.36. The molecule has 1 fully saturated rings. The van der Waals surface area contributed by atoms with E-state index in [0.717, 1.165) is 12.0 Å². The molecule has 8 nitrogen and oxygen atoms in total. The van der Waals surface area contributed by atoms with Crippen molar-refractivity contribution in [3.63, 3.8) is 0 Å². The van der Waals surface area contributed by atoms with E-state index in [4.69, 9.17) is 22.7 Å². The molecule has 1 saturated carbocycles. The highest BCUT2D eigenvalue weighted by Crippen LogP contribution is 2.42. The number of hydrogen-bond acceptors (Lipinski definition) is 6. The van der Waals surface area contributed by atoms with Gasteiger partial charge >= 0.3 is 5.97 Å². The first-order chi connectivity index (χ1) is 17.9. The number of carbonyl (C=O) groups is 1. The Morgan fingerprint density at radius 1 is 1.13 bits per heavy atom. The van der Waals surface area contributed by atoms with E-state index in [0.29, 0.717) is 31.3 Å². The second-order valence-electron chi connectivity index (χ2n) is 8.88. The highest BCUT2D eigenvalue weighted by molar-refractivity contribution is 7.89. The van der Waals surface area contributed by atoms with Crippen LogP contribution in [0.5, 0.6) is 0 Å². The molecule has 2 unspecified atom stereocenters. The van der Waals surface area contributed by atoms with Crippen LogP contribution in [-0.2, 0) is 26.0 Å². The number of imidazole rings is 1. The maximum absolute atomic E-state index is 14.0. The standard InChI is InChI=1S/C23H21F5N4O4S2/c24-16-17(25)19(27)21(20(28)18(16)26)38(34,35)31-10-15(33)36-13-3-1-2-6-23(13,22(29)37)9-12-4-5-14-30-7-8-32(14)11-12/h4-5,7-8,11,13,31H,1-3,6,9-10H2,(H2,29,37). The molecule has 0 amide bonds. The van der Waals surface area contributed by atoms with Gasteiger partial charge in [0.15, 0.2) is 28.2 Å². The molecule has 2 aromatic heterocycles. The number of thiocarbonyl (C=S) groups is 1. The van der Waals surface area contributed by atoms with E-state index < -0.39 is 68.0 Å². The minimum atomic E-state index is -5.33. The van der Waals surface area contributed by atoms with Gasteiger partial charge in [-0.3, -0.25) is 4.79 Å². The molecule has 0 bridgehead atoms. The Labute approximate surface area is 219 Å². The number of esters is 1. The Bertz CT molecular complexity index is 1500. The maximum Gasteiger partial charge on any atom is 0.321 e. The summed E-state index contributed by atoms with van der Waals surface area (Å²) in [4.78, 5) is 14.8. The number of nitrogens with zero attached hydrogens (tertiary/aromatic N) is 2. The molecule has 1 aromatic carbocycles. The molecule has 3 N–H and O–H groups in total. The van der Waals surface area contributed by atoms with Crippen LogP contribution in [0.25, 0.3) is 5.65 Å². The first kappa shape index (κ1) is 27.9. The second kappa shape index (κ2) is 10.5. The van der Waals surface area contributed by atoms with Crippen LogP contribution in [0.3, 0.4) is 0 Å². The molecule has 0 saturated heterocycles. The lowest BCUT2D eigenvalue weighted by atomic mass is 9.68. The van der Waals surface area contributed by atoms with E-state index in [2.05, 4.69) is 4.98 Å². The van der Waals surface area contributed by atoms with Crippen molar-refractivity contribution in [3.05, 3.63) is 65.4 Å². The lowest BCUT2D eigenvalue weighted by Gasteiger charge is -2.43. The Balaban J connectivity index is 1.53. The maximum atomic E-state index is 14.0. The zero-order chi connectivity index (χ0) is 27.8. The molecule has 0 spiro atoms. The predicted octanol–water partition coefficient (Wildman–Crippen LogP) is 3.31. The molecule has 1 aliphatic carbocycles. The van der Waals surface area contributed by atoms with Gasteiger partial charge in [-0.2, -0.15) is 4.72 Å². The first-order valence-corrected chi connectivity index (χ1v) is 13.2. The Morgan fingerprint density at radius 2 is 1.79 bits per heavy atom. The molecule has 15 heteroatoms. The largest absolute Gasteiger partial charge is 0.460 e. The number of halogens is 5. The monoisotopic (exact) mass is 576 g/mol. The lowest BCUT2D eigenvalue weighted by molar-refractivity contribution is -0.154. The molecule has 38 heavy (non-hydrogen) atoms. The van der Waals surface area contributed by atoms with Gasteiger partial charge in [0.1, 0.15) is 18.3 Å². The van der Waals surface area contributed by atoms with Gasteiger partial charge in [0.05, 0.1) is 10.4 Å². The van der Waals surface area contributed by atoms with Gasteiger partial charge in [-0.25, -0.2) is 35.4 Å². The number of ether oxygens (including phenoxy) is 1. The van der Waals surface area contributed by atoms with E-state index in [1.165, 1.54) is 4.72 Å². The highest BCUT2D eigenvalue weighted by atomic mass is 32.2. The van der Waals surface area contributed by atoms with Crippen LogP contribution < -0.4 is 10.5 Å². The van der Waals surface area contributed by atoms with Gasteiger partial charge in [-0.05, 0) is 37.3 Å². The number of fused-ring (bicyclic) bond motifs is 1. The zero-order valence-corrected chi connectivity index (χ0v) is 21.2. The van der Waals surface area contributed by atoms with Crippen molar-refractivity contribution < 1.29 is 39.9 Å². The number of aromatic nitrogens is 2. The minimum absolute atomic E-state index is 0.0858. The van der Waals surface area contributed by atoms with Crippen LogP contribution in [-0.4, -0.2) is 41.4 Å². The Hall–Kier alpha value is -3.17. The summed E-state index contributed by atoms with van der Waals surface area (Å²) >= 11 is 5.36. The van der Waals surface area contributed by atoms with Gasteiger partial charge in [-0.1, -0.05) is 24.7 Å². The molecule has 204 valence electrons. The number of nitrogens with two attached hydrogens (primary N) is 1. The second-order valence-corrected chi connectivity index (χ2v) is 11.0. The predicted molar refractivity (Wildman–Crippen MR) is 128 cm³/mol. The fraction of sp³-hybridized carbons (Fsp3) is 0.348. The first-order valence-electron chi connectivity index (χ1n) is 11.3. The SMILES string of the molecule is NC(=S)C1(Cc2ccc3nccn3c2)CCCCC1OC(=O)CNS(=O)(=O)c1c(F)c(F)c(F)c(F)c1F. The van der Waals surface area contributed by atoms with Crippen molar-refractivity contribution in [1.82, 2.24) is 14.1 Å². The van der Waals surface area contributed by atoms with E-state index in [-0.39, 0.29) is 4.99 Å². The summed E-state index contributed by atoms with van der Waals surface area (Å²) in [6.07, 6.45) is 6.84. The number of pyridine rings is 1. The van der Waals surface area contributed by atoms with E-state index in [1.807, 2.05) is 12.3 Å². The molecular formula is C23H21F5N4O4S2. The normalized spacial score (nSPS) is 20.0. The van der Waals surface area contributed by atoms with Crippen molar-refractivity contribution in [3.8, 4) is 0 Å². The van der Waals surface area contributed by atoms with E-state index in [9.17, 15) is 35.2 Å². The summed E-state index contributed by atoms with van der Waals surface area (Å²) in [5, 5.41) is 0. The Morgan fingerprint density at radius 3 is 2.45 bits per heavy atom. The van der Waals surface area contributed by atoms with Crippen molar-refractivity contribution in [2.24, 2.45) is 11.1 Å². The number of sulfonamides is 1.